The van der Waals surface area contributed by atoms with E-state index < -0.39 is 5.60 Å². The maximum atomic E-state index is 10.9. The van der Waals surface area contributed by atoms with E-state index in [1.165, 1.54) is 5.06 Å². The van der Waals surface area contributed by atoms with Crippen molar-refractivity contribution in [2.45, 2.75) is 26.4 Å². The first-order valence-corrected chi connectivity index (χ1v) is 6.24. The fourth-order valence-electron chi connectivity index (χ4n) is 1.56. The standard InChI is InChI=1S/C13H17N3O4/c1-13(2,3)20-16(9-17)7-8-18-12-11-10(19-15-12)5-4-6-14-11/h4-6,9H,7-8H2,1-3H3. The van der Waals surface area contributed by atoms with Crippen LogP contribution >= 0.6 is 0 Å². The molecule has 0 unspecified atom stereocenters. The monoisotopic (exact) mass is 279 g/mol. The summed E-state index contributed by atoms with van der Waals surface area (Å²) in [5.74, 6) is 0.308. The third kappa shape index (κ3) is 3.67. The second-order valence-electron chi connectivity index (χ2n) is 5.14. The van der Waals surface area contributed by atoms with Crippen molar-refractivity contribution in [3.63, 3.8) is 0 Å². The lowest BCUT2D eigenvalue weighted by Gasteiger charge is -2.26. The first-order valence-electron chi connectivity index (χ1n) is 6.24. The van der Waals surface area contributed by atoms with Gasteiger partial charge in [-0.05, 0) is 38.1 Å². The van der Waals surface area contributed by atoms with Gasteiger partial charge in [0.15, 0.2) is 11.1 Å². The molecule has 0 aliphatic carbocycles. The van der Waals surface area contributed by atoms with E-state index in [0.717, 1.165) is 0 Å². The Morgan fingerprint density at radius 3 is 2.95 bits per heavy atom. The van der Waals surface area contributed by atoms with Crippen LogP contribution in [0.3, 0.4) is 0 Å². The van der Waals surface area contributed by atoms with Gasteiger partial charge in [0.1, 0.15) is 6.61 Å². The normalized spacial score (nSPS) is 11.6. The summed E-state index contributed by atoms with van der Waals surface area (Å²) in [6.45, 7) is 6.09. The smallest absolute Gasteiger partial charge is 0.281 e. The number of hydrogen-bond donors (Lipinski definition) is 0. The average molecular weight is 279 g/mol. The molecule has 0 bridgehead atoms. The Morgan fingerprint density at radius 1 is 1.45 bits per heavy atom. The SMILES string of the molecule is CC(C)(C)ON(C=O)CCOc1noc2cccnc12. The number of aromatic nitrogens is 2. The highest BCUT2D eigenvalue weighted by Gasteiger charge is 2.16. The summed E-state index contributed by atoms with van der Waals surface area (Å²) in [6, 6.07) is 3.51. The molecule has 20 heavy (non-hydrogen) atoms. The van der Waals surface area contributed by atoms with Crippen LogP contribution < -0.4 is 4.74 Å². The Balaban J connectivity index is 1.90. The summed E-state index contributed by atoms with van der Waals surface area (Å²) in [5, 5.41) is 4.98. The Morgan fingerprint density at radius 2 is 2.25 bits per heavy atom. The molecule has 0 fully saturated rings. The number of amides is 1. The molecule has 0 saturated heterocycles. The number of ether oxygens (including phenoxy) is 1. The maximum absolute atomic E-state index is 10.9. The minimum Gasteiger partial charge on any atom is -0.472 e. The van der Waals surface area contributed by atoms with E-state index in [2.05, 4.69) is 10.1 Å². The molecule has 7 nitrogen and oxygen atoms in total. The molecular weight excluding hydrogens is 262 g/mol. The number of hydrogen-bond acceptors (Lipinski definition) is 6. The molecule has 7 heteroatoms. The summed E-state index contributed by atoms with van der Waals surface area (Å²) < 4.78 is 10.5. The number of pyridine rings is 1. The van der Waals surface area contributed by atoms with E-state index in [0.29, 0.717) is 23.4 Å². The van der Waals surface area contributed by atoms with Gasteiger partial charge in [0, 0.05) is 6.20 Å². The van der Waals surface area contributed by atoms with Crippen LogP contribution in [0.2, 0.25) is 0 Å². The van der Waals surface area contributed by atoms with E-state index in [9.17, 15) is 4.79 Å². The fourth-order valence-corrected chi connectivity index (χ4v) is 1.56. The molecule has 2 aromatic heterocycles. The van der Waals surface area contributed by atoms with E-state index in [1.807, 2.05) is 20.8 Å². The van der Waals surface area contributed by atoms with Crippen molar-refractivity contribution in [1.82, 2.24) is 15.2 Å². The fraction of sp³-hybridized carbons (Fsp3) is 0.462. The number of carbonyl (C=O) groups excluding carboxylic acids is 1. The number of carbonyl (C=O) groups is 1. The van der Waals surface area contributed by atoms with Crippen LogP contribution in [0.15, 0.2) is 22.9 Å². The number of nitrogens with zero attached hydrogens (tertiary/aromatic N) is 3. The summed E-state index contributed by atoms with van der Waals surface area (Å²) in [7, 11) is 0. The summed E-state index contributed by atoms with van der Waals surface area (Å²) >= 11 is 0. The second-order valence-corrected chi connectivity index (χ2v) is 5.14. The molecular formula is C13H17N3O4. The van der Waals surface area contributed by atoms with Crippen molar-refractivity contribution in [3.05, 3.63) is 18.3 Å². The Bertz CT molecular complexity index is 576. The average Bonchev–Trinajstić information content (AvgIpc) is 2.80. The topological polar surface area (TPSA) is 77.7 Å². The van der Waals surface area contributed by atoms with Crippen LogP contribution in [-0.2, 0) is 9.63 Å². The van der Waals surface area contributed by atoms with Gasteiger partial charge in [0.25, 0.3) is 5.88 Å². The lowest BCUT2D eigenvalue weighted by Crippen LogP contribution is -2.35. The van der Waals surface area contributed by atoms with Crippen LogP contribution in [0, 0.1) is 0 Å². The molecule has 0 aromatic carbocycles. The molecule has 0 aliphatic heterocycles. The van der Waals surface area contributed by atoms with E-state index in [-0.39, 0.29) is 13.2 Å². The Kier molecular flexibility index (Phi) is 4.19. The minimum atomic E-state index is -0.441. The van der Waals surface area contributed by atoms with Gasteiger partial charge in [-0.15, -0.1) is 0 Å². The van der Waals surface area contributed by atoms with Crippen LogP contribution in [0.1, 0.15) is 20.8 Å². The maximum Gasteiger partial charge on any atom is 0.281 e. The van der Waals surface area contributed by atoms with Crippen LogP contribution in [0.4, 0.5) is 0 Å². The molecule has 0 radical (unpaired) electrons. The molecule has 0 atom stereocenters. The van der Waals surface area contributed by atoms with Gasteiger partial charge in [0.05, 0.1) is 12.1 Å². The Labute approximate surface area is 116 Å². The second kappa shape index (κ2) is 5.87. The van der Waals surface area contributed by atoms with Crippen molar-refractivity contribution in [3.8, 4) is 5.88 Å². The van der Waals surface area contributed by atoms with Gasteiger partial charge in [-0.2, -0.15) is 0 Å². The quantitative estimate of drug-likeness (QED) is 0.592. The molecule has 0 N–H and O–H groups in total. The molecule has 108 valence electrons. The third-order valence-corrected chi connectivity index (χ3v) is 2.26. The lowest BCUT2D eigenvalue weighted by atomic mass is 10.2. The first kappa shape index (κ1) is 14.3. The van der Waals surface area contributed by atoms with Crippen LogP contribution in [-0.4, -0.2) is 40.4 Å². The van der Waals surface area contributed by atoms with Crippen molar-refractivity contribution < 1.29 is 18.9 Å². The van der Waals surface area contributed by atoms with E-state index in [4.69, 9.17) is 14.1 Å². The van der Waals surface area contributed by atoms with Gasteiger partial charge < -0.3 is 9.26 Å². The summed E-state index contributed by atoms with van der Waals surface area (Å²) in [5.41, 5.74) is 0.672. The highest BCUT2D eigenvalue weighted by atomic mass is 16.7. The van der Waals surface area contributed by atoms with Crippen molar-refractivity contribution in [2.75, 3.05) is 13.2 Å². The van der Waals surface area contributed by atoms with E-state index >= 15 is 0 Å². The first-order chi connectivity index (χ1) is 9.49. The van der Waals surface area contributed by atoms with Crippen molar-refractivity contribution in [1.29, 1.82) is 0 Å². The number of fused-ring (bicyclic) bond motifs is 1. The van der Waals surface area contributed by atoms with Gasteiger partial charge in [-0.3, -0.25) is 9.63 Å². The van der Waals surface area contributed by atoms with Gasteiger partial charge >= 0.3 is 0 Å². The van der Waals surface area contributed by atoms with Crippen LogP contribution in [0.5, 0.6) is 5.88 Å². The zero-order valence-corrected chi connectivity index (χ0v) is 11.7. The summed E-state index contributed by atoms with van der Waals surface area (Å²) in [6.07, 6.45) is 2.25. The molecule has 2 rings (SSSR count). The number of hydroxylamine groups is 2. The zero-order chi connectivity index (χ0) is 14.6. The summed E-state index contributed by atoms with van der Waals surface area (Å²) in [4.78, 5) is 20.4. The van der Waals surface area contributed by atoms with Crippen molar-refractivity contribution >= 4 is 17.5 Å². The van der Waals surface area contributed by atoms with Crippen molar-refractivity contribution in [2.24, 2.45) is 0 Å². The minimum absolute atomic E-state index is 0.229. The molecule has 0 saturated carbocycles. The molecule has 2 heterocycles. The number of rotatable bonds is 6. The van der Waals surface area contributed by atoms with Gasteiger partial charge in [0.2, 0.25) is 6.41 Å². The van der Waals surface area contributed by atoms with Gasteiger partial charge in [-0.25, -0.2) is 10.0 Å². The van der Waals surface area contributed by atoms with Gasteiger partial charge in [-0.1, -0.05) is 0 Å². The molecule has 2 aromatic rings. The third-order valence-electron chi connectivity index (χ3n) is 2.26. The predicted molar refractivity (Wildman–Crippen MR) is 70.9 cm³/mol. The highest BCUT2D eigenvalue weighted by Crippen LogP contribution is 2.21. The molecule has 1 amide bonds. The van der Waals surface area contributed by atoms with E-state index in [1.54, 1.807) is 18.3 Å². The Hall–Kier alpha value is -2.15. The molecule has 0 aliphatic rings. The molecule has 0 spiro atoms. The largest absolute Gasteiger partial charge is 0.472 e. The highest BCUT2D eigenvalue weighted by molar-refractivity contribution is 5.76. The van der Waals surface area contributed by atoms with Crippen LogP contribution in [0.25, 0.3) is 11.1 Å². The zero-order valence-electron chi connectivity index (χ0n) is 11.7. The lowest BCUT2D eigenvalue weighted by molar-refractivity contribution is -0.217. The predicted octanol–water partition coefficient (Wildman–Crippen LogP) is 1.79.